The Hall–Kier alpha value is -1.55. The summed E-state index contributed by atoms with van der Waals surface area (Å²) in [5.74, 6) is 0.0174. The first-order chi connectivity index (χ1) is 8.08. The summed E-state index contributed by atoms with van der Waals surface area (Å²) in [6, 6.07) is 5.11. The van der Waals surface area contributed by atoms with Gasteiger partial charge in [-0.1, -0.05) is 0 Å². The van der Waals surface area contributed by atoms with Gasteiger partial charge in [-0.15, -0.1) is 11.6 Å². The molecule has 0 aliphatic rings. The van der Waals surface area contributed by atoms with Crippen LogP contribution in [0.15, 0.2) is 18.2 Å². The molecular formula is C12H15ClN2O2. The van der Waals surface area contributed by atoms with Gasteiger partial charge in [-0.05, 0) is 30.7 Å². The van der Waals surface area contributed by atoms with Gasteiger partial charge in [0.25, 0.3) is 5.91 Å². The number of alkyl halides is 1. The molecule has 0 saturated heterocycles. The average molecular weight is 255 g/mol. The van der Waals surface area contributed by atoms with Crippen molar-refractivity contribution < 1.29 is 9.59 Å². The van der Waals surface area contributed by atoms with E-state index in [2.05, 4.69) is 10.6 Å². The minimum absolute atomic E-state index is 0.129. The molecule has 5 heteroatoms. The summed E-state index contributed by atoms with van der Waals surface area (Å²) in [6.07, 6.45) is 0.276. The van der Waals surface area contributed by atoms with Crippen LogP contribution in [0.1, 0.15) is 22.3 Å². The molecule has 0 fully saturated rings. The molecule has 2 amide bonds. The molecule has 2 N–H and O–H groups in total. The molecule has 0 atom stereocenters. The van der Waals surface area contributed by atoms with Crippen LogP contribution in [0.25, 0.3) is 0 Å². The summed E-state index contributed by atoms with van der Waals surface area (Å²) < 4.78 is 0. The number of halogens is 1. The number of amides is 2. The van der Waals surface area contributed by atoms with E-state index in [4.69, 9.17) is 11.6 Å². The fraction of sp³-hybridized carbons (Fsp3) is 0.333. The smallest absolute Gasteiger partial charge is 0.251 e. The zero-order valence-electron chi connectivity index (χ0n) is 9.84. The normalized spacial score (nSPS) is 9.82. The molecule has 0 bridgehead atoms. The third-order valence-corrected chi connectivity index (χ3v) is 2.50. The van der Waals surface area contributed by atoms with Crippen LogP contribution >= 0.6 is 11.6 Å². The topological polar surface area (TPSA) is 58.2 Å². The predicted molar refractivity (Wildman–Crippen MR) is 68.5 cm³/mol. The van der Waals surface area contributed by atoms with E-state index in [0.29, 0.717) is 17.1 Å². The maximum Gasteiger partial charge on any atom is 0.251 e. The maximum absolute atomic E-state index is 11.4. The fourth-order valence-corrected chi connectivity index (χ4v) is 1.56. The lowest BCUT2D eigenvalue weighted by atomic mass is 10.1. The molecule has 0 heterocycles. The lowest BCUT2D eigenvalue weighted by molar-refractivity contribution is -0.115. The Morgan fingerprint density at radius 1 is 1.35 bits per heavy atom. The van der Waals surface area contributed by atoms with E-state index in [9.17, 15) is 9.59 Å². The van der Waals surface area contributed by atoms with E-state index < -0.39 is 0 Å². The number of aryl methyl sites for hydroxylation is 1. The Balaban J connectivity index is 2.83. The average Bonchev–Trinajstić information content (AvgIpc) is 2.31. The van der Waals surface area contributed by atoms with Gasteiger partial charge in [0.2, 0.25) is 5.91 Å². The van der Waals surface area contributed by atoms with Crippen molar-refractivity contribution in [3.05, 3.63) is 29.3 Å². The van der Waals surface area contributed by atoms with E-state index in [1.807, 2.05) is 6.92 Å². The van der Waals surface area contributed by atoms with Gasteiger partial charge in [-0.25, -0.2) is 0 Å². The Labute approximate surface area is 105 Å². The summed E-state index contributed by atoms with van der Waals surface area (Å²) in [6.45, 7) is 1.84. The Bertz CT molecular complexity index is 433. The van der Waals surface area contributed by atoms with Gasteiger partial charge in [0.1, 0.15) is 0 Å². The Morgan fingerprint density at radius 3 is 2.59 bits per heavy atom. The molecule has 1 aromatic carbocycles. The fourth-order valence-electron chi connectivity index (χ4n) is 1.39. The molecule has 0 aliphatic carbocycles. The van der Waals surface area contributed by atoms with Crippen LogP contribution < -0.4 is 10.6 Å². The zero-order chi connectivity index (χ0) is 12.8. The standard InChI is InChI=1S/C12H15ClN2O2/c1-8-7-9(12(17)14-2)3-4-10(8)15-11(16)5-6-13/h3-4,7H,5-6H2,1-2H3,(H,14,17)(H,15,16). The molecule has 0 aromatic heterocycles. The molecule has 0 radical (unpaired) electrons. The van der Waals surface area contributed by atoms with Gasteiger partial charge in [-0.2, -0.15) is 0 Å². The zero-order valence-corrected chi connectivity index (χ0v) is 10.6. The monoisotopic (exact) mass is 254 g/mol. The van der Waals surface area contributed by atoms with Crippen LogP contribution in [0, 0.1) is 6.92 Å². The lowest BCUT2D eigenvalue weighted by Gasteiger charge is -2.09. The van der Waals surface area contributed by atoms with Crippen molar-refractivity contribution in [2.75, 3.05) is 18.2 Å². The number of anilines is 1. The molecule has 0 spiro atoms. The number of benzene rings is 1. The number of hydrogen-bond acceptors (Lipinski definition) is 2. The van der Waals surface area contributed by atoms with Crippen LogP contribution in [0.4, 0.5) is 5.69 Å². The maximum atomic E-state index is 11.4. The van der Waals surface area contributed by atoms with Gasteiger partial charge < -0.3 is 10.6 Å². The summed E-state index contributed by atoms with van der Waals surface area (Å²) >= 11 is 5.47. The molecular weight excluding hydrogens is 240 g/mol. The van der Waals surface area contributed by atoms with Crippen LogP contribution in [-0.2, 0) is 4.79 Å². The van der Waals surface area contributed by atoms with Gasteiger partial charge in [0.05, 0.1) is 0 Å². The molecule has 0 unspecified atom stereocenters. The van der Waals surface area contributed by atoms with E-state index in [0.717, 1.165) is 5.56 Å². The highest BCUT2D eigenvalue weighted by Gasteiger charge is 2.07. The highest BCUT2D eigenvalue weighted by Crippen LogP contribution is 2.16. The van der Waals surface area contributed by atoms with E-state index in [1.54, 1.807) is 25.2 Å². The Morgan fingerprint density at radius 2 is 2.06 bits per heavy atom. The number of hydrogen-bond donors (Lipinski definition) is 2. The second-order valence-corrected chi connectivity index (χ2v) is 3.97. The molecule has 0 aliphatic heterocycles. The van der Waals surface area contributed by atoms with Crippen molar-refractivity contribution in [2.24, 2.45) is 0 Å². The minimum Gasteiger partial charge on any atom is -0.355 e. The Kier molecular flexibility index (Phi) is 4.97. The number of rotatable bonds is 4. The third kappa shape index (κ3) is 3.75. The van der Waals surface area contributed by atoms with Crippen LogP contribution in [0.3, 0.4) is 0 Å². The van der Waals surface area contributed by atoms with Crippen molar-refractivity contribution in [2.45, 2.75) is 13.3 Å². The summed E-state index contributed by atoms with van der Waals surface area (Å²) in [5.41, 5.74) is 2.11. The molecule has 1 rings (SSSR count). The third-order valence-electron chi connectivity index (χ3n) is 2.31. The van der Waals surface area contributed by atoms with Gasteiger partial charge >= 0.3 is 0 Å². The van der Waals surface area contributed by atoms with Crippen molar-refractivity contribution in [1.82, 2.24) is 5.32 Å². The first-order valence-electron chi connectivity index (χ1n) is 5.27. The van der Waals surface area contributed by atoms with Crippen molar-refractivity contribution in [3.63, 3.8) is 0 Å². The summed E-state index contributed by atoms with van der Waals surface area (Å²) in [5, 5.41) is 5.29. The first-order valence-corrected chi connectivity index (χ1v) is 5.80. The lowest BCUT2D eigenvalue weighted by Crippen LogP contribution is -2.18. The van der Waals surface area contributed by atoms with E-state index in [1.165, 1.54) is 0 Å². The second-order valence-electron chi connectivity index (χ2n) is 3.60. The van der Waals surface area contributed by atoms with Gasteiger partial charge in [-0.3, -0.25) is 9.59 Å². The summed E-state index contributed by atoms with van der Waals surface area (Å²) in [7, 11) is 1.58. The summed E-state index contributed by atoms with van der Waals surface area (Å²) in [4.78, 5) is 22.8. The van der Waals surface area contributed by atoms with Crippen molar-refractivity contribution in [1.29, 1.82) is 0 Å². The van der Waals surface area contributed by atoms with Gasteiger partial charge in [0, 0.05) is 30.6 Å². The van der Waals surface area contributed by atoms with Crippen LogP contribution in [0.2, 0.25) is 0 Å². The first kappa shape index (κ1) is 13.5. The highest BCUT2D eigenvalue weighted by molar-refractivity contribution is 6.19. The highest BCUT2D eigenvalue weighted by atomic mass is 35.5. The quantitative estimate of drug-likeness (QED) is 0.807. The molecule has 1 aromatic rings. The largest absolute Gasteiger partial charge is 0.355 e. The van der Waals surface area contributed by atoms with Crippen LogP contribution in [-0.4, -0.2) is 24.7 Å². The van der Waals surface area contributed by atoms with E-state index in [-0.39, 0.29) is 18.2 Å². The minimum atomic E-state index is -0.147. The number of carbonyl (C=O) groups is 2. The van der Waals surface area contributed by atoms with Crippen molar-refractivity contribution >= 4 is 29.1 Å². The molecule has 17 heavy (non-hydrogen) atoms. The molecule has 92 valence electrons. The van der Waals surface area contributed by atoms with Gasteiger partial charge in [0.15, 0.2) is 0 Å². The van der Waals surface area contributed by atoms with Crippen molar-refractivity contribution in [3.8, 4) is 0 Å². The second kappa shape index (κ2) is 6.25. The van der Waals surface area contributed by atoms with Crippen LogP contribution in [0.5, 0.6) is 0 Å². The predicted octanol–water partition coefficient (Wildman–Crippen LogP) is 1.92. The number of carbonyl (C=O) groups excluding carboxylic acids is 2. The molecule has 4 nitrogen and oxygen atoms in total. The molecule has 0 saturated carbocycles. The number of nitrogens with one attached hydrogen (secondary N) is 2. The van der Waals surface area contributed by atoms with E-state index >= 15 is 0 Å². The SMILES string of the molecule is CNC(=O)c1ccc(NC(=O)CCCl)c(C)c1.